The van der Waals surface area contributed by atoms with Crippen molar-refractivity contribution in [2.24, 2.45) is 21.5 Å². The van der Waals surface area contributed by atoms with Crippen LogP contribution in [0.25, 0.3) is 6.08 Å². The second-order valence-corrected chi connectivity index (χ2v) is 15.5. The molecule has 7 amide bonds. The lowest BCUT2D eigenvalue weighted by atomic mass is 10.0. The highest BCUT2D eigenvalue weighted by Gasteiger charge is 2.22. The second kappa shape index (κ2) is 25.2. The van der Waals surface area contributed by atoms with Crippen LogP contribution in [0.5, 0.6) is 0 Å². The van der Waals surface area contributed by atoms with Crippen LogP contribution in [0.15, 0.2) is 82.4 Å². The van der Waals surface area contributed by atoms with E-state index in [4.69, 9.17) is 16.2 Å². The molecule has 0 saturated heterocycles. The number of amides is 7. The van der Waals surface area contributed by atoms with Crippen LogP contribution in [0.2, 0.25) is 0 Å². The molecule has 1 atom stereocenters. The Hall–Kier alpha value is -7.01. The van der Waals surface area contributed by atoms with Gasteiger partial charge in [-0.3, -0.25) is 38.8 Å². The number of carbonyl (C=O) groups excluding carboxylic acids is 6. The fraction of sp³-hybridized carbons (Fsp3) is 0.383. The van der Waals surface area contributed by atoms with Gasteiger partial charge in [0.2, 0.25) is 12.3 Å². The van der Waals surface area contributed by atoms with Crippen LogP contribution < -0.4 is 32.7 Å². The lowest BCUT2D eigenvalue weighted by Crippen LogP contribution is -2.33. The van der Waals surface area contributed by atoms with Crippen molar-refractivity contribution in [1.29, 1.82) is 0 Å². The molecule has 17 nitrogen and oxygen atoms in total. The van der Waals surface area contributed by atoms with Crippen LogP contribution >= 0.6 is 0 Å². The maximum Gasteiger partial charge on any atom is 0.312 e. The van der Waals surface area contributed by atoms with E-state index >= 15 is 0 Å². The van der Waals surface area contributed by atoms with Crippen molar-refractivity contribution in [1.82, 2.24) is 25.8 Å². The lowest BCUT2D eigenvalue weighted by Gasteiger charge is -2.19. The molecule has 1 aromatic heterocycles. The minimum Gasteiger partial charge on any atom is -0.387 e. The van der Waals surface area contributed by atoms with Crippen molar-refractivity contribution in [3.8, 4) is 0 Å². The van der Waals surface area contributed by atoms with Gasteiger partial charge >= 0.3 is 6.03 Å². The minimum absolute atomic E-state index is 0.0479. The fourth-order valence-corrected chi connectivity index (χ4v) is 7.27. The molecule has 3 heterocycles. The molecule has 0 radical (unpaired) electrons. The van der Waals surface area contributed by atoms with E-state index in [1.165, 1.54) is 22.6 Å². The fourth-order valence-electron chi connectivity index (χ4n) is 7.27. The molecule has 0 bridgehead atoms. The van der Waals surface area contributed by atoms with Crippen LogP contribution in [0.4, 0.5) is 16.2 Å². The molecule has 0 spiro atoms. The normalized spacial score (nSPS) is 13.8. The molecule has 338 valence electrons. The maximum atomic E-state index is 13.4. The Morgan fingerprint density at radius 1 is 0.969 bits per heavy atom. The van der Waals surface area contributed by atoms with Gasteiger partial charge in [-0.15, -0.1) is 0 Å². The number of urea groups is 1. The molecule has 2 aliphatic heterocycles. The molecule has 2 aliphatic rings. The van der Waals surface area contributed by atoms with E-state index < -0.39 is 6.03 Å². The topological polar surface area (TPSA) is 253 Å². The third-order valence-electron chi connectivity index (χ3n) is 10.5. The summed E-state index contributed by atoms with van der Waals surface area (Å²) in [5.74, 6) is -0.636. The van der Waals surface area contributed by atoms with Crippen LogP contribution in [-0.4, -0.2) is 84.2 Å². The zero-order valence-corrected chi connectivity index (χ0v) is 36.3. The number of rotatable bonds is 26. The third-order valence-corrected chi connectivity index (χ3v) is 10.5. The molecule has 8 N–H and O–H groups in total. The predicted molar refractivity (Wildman–Crippen MR) is 246 cm³/mol. The number of nitrogens with two attached hydrogens (primary N) is 2. The Morgan fingerprint density at radius 2 is 1.77 bits per heavy atom. The smallest absolute Gasteiger partial charge is 0.312 e. The molecule has 0 aliphatic carbocycles. The van der Waals surface area contributed by atoms with Gasteiger partial charge in [0.05, 0.1) is 36.8 Å². The van der Waals surface area contributed by atoms with Crippen LogP contribution in [0.3, 0.4) is 0 Å². The summed E-state index contributed by atoms with van der Waals surface area (Å²) < 4.78 is 6.15. The van der Waals surface area contributed by atoms with Gasteiger partial charge in [-0.05, 0) is 74.1 Å². The summed E-state index contributed by atoms with van der Waals surface area (Å²) >= 11 is 0. The number of benzene rings is 2. The summed E-state index contributed by atoms with van der Waals surface area (Å²) in [6.45, 7) is 3.62. The number of carbonyl (C=O) groups is 6. The Balaban J connectivity index is 1.15. The summed E-state index contributed by atoms with van der Waals surface area (Å²) in [4.78, 5) is 86.6. The number of primary amides is 1. The van der Waals surface area contributed by atoms with Crippen molar-refractivity contribution in [3.63, 3.8) is 0 Å². The quantitative estimate of drug-likeness (QED) is 0.0272. The monoisotopic (exact) mass is 874 g/mol. The molecule has 64 heavy (non-hydrogen) atoms. The number of nitrogens with one attached hydrogen (secondary N) is 4. The first-order valence-corrected chi connectivity index (χ1v) is 21.7. The van der Waals surface area contributed by atoms with Crippen molar-refractivity contribution < 1.29 is 33.5 Å². The number of amidine groups is 1. The first-order chi connectivity index (χ1) is 31.0. The Bertz CT molecular complexity index is 2240. The highest BCUT2D eigenvalue weighted by atomic mass is 16.5. The van der Waals surface area contributed by atoms with E-state index in [-0.39, 0.29) is 49.4 Å². The van der Waals surface area contributed by atoms with Gasteiger partial charge in [0.15, 0.2) is 0 Å². The highest BCUT2D eigenvalue weighted by Crippen LogP contribution is 2.30. The molecule has 5 rings (SSSR count). The second-order valence-electron chi connectivity index (χ2n) is 15.5. The van der Waals surface area contributed by atoms with Gasteiger partial charge in [0.25, 0.3) is 17.7 Å². The number of imide groups is 1. The Morgan fingerprint density at radius 3 is 2.52 bits per heavy atom. The molecular formula is C47H58N10O7. The van der Waals surface area contributed by atoms with Gasteiger partial charge < -0.3 is 37.5 Å². The van der Waals surface area contributed by atoms with Crippen LogP contribution in [-0.2, 0) is 43.5 Å². The third kappa shape index (κ3) is 15.4. The number of unbranched alkanes of at least 4 members (excludes halogenated alkanes) is 3. The number of pyridine rings is 1. The maximum absolute atomic E-state index is 13.4. The van der Waals surface area contributed by atoms with Gasteiger partial charge in [0, 0.05) is 67.0 Å². The van der Waals surface area contributed by atoms with E-state index in [1.807, 2.05) is 36.4 Å². The van der Waals surface area contributed by atoms with E-state index in [1.54, 1.807) is 24.5 Å². The Kier molecular flexibility index (Phi) is 18.9. The SMILES string of the molecule is CCCC1=Cc2ccc(C(=O)Nc3cnc(CCNC=O)c(COCc4ccc(C(CCCNC(N)=O)NC(=O)C/N=C/CCCCCN5C(=O)C=CC5=O)cc4)c3)cc2N=C(N)C1. The van der Waals surface area contributed by atoms with Gasteiger partial charge in [-0.1, -0.05) is 61.7 Å². The lowest BCUT2D eigenvalue weighted by molar-refractivity contribution is -0.136. The predicted octanol–water partition coefficient (Wildman–Crippen LogP) is 5.08. The first-order valence-electron chi connectivity index (χ1n) is 21.7. The number of nitrogens with zero attached hydrogens (tertiary/aromatic N) is 4. The van der Waals surface area contributed by atoms with Crippen LogP contribution in [0.1, 0.15) is 109 Å². The van der Waals surface area contributed by atoms with Crippen molar-refractivity contribution in [2.45, 2.75) is 90.4 Å². The largest absolute Gasteiger partial charge is 0.387 e. The number of aromatic nitrogens is 1. The zero-order valence-electron chi connectivity index (χ0n) is 36.3. The molecule has 2 aromatic carbocycles. The van der Waals surface area contributed by atoms with Crippen molar-refractivity contribution in [3.05, 3.63) is 106 Å². The van der Waals surface area contributed by atoms with E-state index in [9.17, 15) is 28.8 Å². The Labute approximate surface area is 373 Å². The molecule has 17 heteroatoms. The average Bonchev–Trinajstić information content (AvgIpc) is 3.49. The molecular weight excluding hydrogens is 817 g/mol. The van der Waals surface area contributed by atoms with Crippen LogP contribution in [0, 0.1) is 0 Å². The van der Waals surface area contributed by atoms with Gasteiger partial charge in [-0.2, -0.15) is 0 Å². The highest BCUT2D eigenvalue weighted by molar-refractivity contribution is 6.12. The van der Waals surface area contributed by atoms with Crippen molar-refractivity contribution in [2.75, 3.05) is 31.5 Å². The van der Waals surface area contributed by atoms with Gasteiger partial charge in [-0.25, -0.2) is 9.79 Å². The molecule has 0 fully saturated rings. The number of ether oxygens (including phenoxy) is 1. The summed E-state index contributed by atoms with van der Waals surface area (Å²) in [6, 6.07) is 13.9. The number of hydrogen-bond donors (Lipinski definition) is 6. The van der Waals surface area contributed by atoms with E-state index in [0.717, 1.165) is 47.9 Å². The zero-order chi connectivity index (χ0) is 45.7. The molecule has 0 saturated carbocycles. The summed E-state index contributed by atoms with van der Waals surface area (Å²) in [5, 5.41) is 11.2. The first kappa shape index (κ1) is 48.0. The van der Waals surface area contributed by atoms with E-state index in [2.05, 4.69) is 49.2 Å². The number of fused-ring (bicyclic) bond motifs is 1. The molecule has 1 unspecified atom stereocenters. The number of hydrogen-bond acceptors (Lipinski definition) is 11. The average molecular weight is 875 g/mol. The summed E-state index contributed by atoms with van der Waals surface area (Å²) in [6.07, 6.45) is 15.6. The summed E-state index contributed by atoms with van der Waals surface area (Å²) in [7, 11) is 0. The van der Waals surface area contributed by atoms with E-state index in [0.29, 0.717) is 93.0 Å². The standard InChI is InChI=1S/C47H58N10O7/c1-2-8-33-23-35-14-15-36(26-41(35)55-42(48)24-33)46(62)54-38-25-37(39(53-27-38)18-21-51-31-58)30-64-29-32-10-12-34(13-11-32)40(9-7-20-52-47(49)63)56-43(59)28-50-19-5-3-4-6-22-57-44(60)16-17-45(57)61/h10-17,19,23,25-27,31,40H,2-9,18,20-22,24,28-30H2,1H3,(H2,48,55)(H,51,58)(H,54,62)(H,56,59)(H3,49,52,63)/b50-19+. The minimum atomic E-state index is -0.618. The summed E-state index contributed by atoms with van der Waals surface area (Å²) in [5.41, 5.74) is 18.3. The molecule has 3 aromatic rings. The van der Waals surface area contributed by atoms with Gasteiger partial charge in [0.1, 0.15) is 12.4 Å². The number of anilines is 1. The van der Waals surface area contributed by atoms with Crippen molar-refractivity contribution >= 4 is 65.6 Å². The number of aliphatic imine (C=N–C) groups is 2.